The molecule has 2 aromatic heterocycles. The highest BCUT2D eigenvalue weighted by Crippen LogP contribution is 2.33. The number of nitrogens with zero attached hydrogens (tertiary/aromatic N) is 1. The maximum absolute atomic E-state index is 13.7. The summed E-state index contributed by atoms with van der Waals surface area (Å²) >= 11 is 0. The highest BCUT2D eigenvalue weighted by atomic mass is 19.1. The van der Waals surface area contributed by atoms with Crippen LogP contribution < -0.4 is 4.74 Å². The van der Waals surface area contributed by atoms with Crippen LogP contribution in [0.1, 0.15) is 33.3 Å². The highest BCUT2D eigenvalue weighted by Gasteiger charge is 2.23. The number of hydrogen-bond acceptors (Lipinski definition) is 3. The van der Waals surface area contributed by atoms with Gasteiger partial charge in [-0.3, -0.25) is 0 Å². The number of fused-ring (bicyclic) bond motifs is 1. The van der Waals surface area contributed by atoms with Gasteiger partial charge in [0.2, 0.25) is 5.88 Å². The SMILES string of the molecule is COC(C)COc1nc2[nH]cc(F)c2cc1C(C)(C)C. The molecule has 0 saturated carbocycles. The summed E-state index contributed by atoms with van der Waals surface area (Å²) in [5.74, 6) is 0.227. The van der Waals surface area contributed by atoms with Crippen LogP contribution >= 0.6 is 0 Å². The molecule has 1 atom stereocenters. The van der Waals surface area contributed by atoms with Crippen LogP contribution in [0.3, 0.4) is 0 Å². The van der Waals surface area contributed by atoms with Gasteiger partial charge in [-0.05, 0) is 18.4 Å². The lowest BCUT2D eigenvalue weighted by Gasteiger charge is -2.22. The number of ether oxygens (including phenoxy) is 2. The number of nitrogens with one attached hydrogen (secondary N) is 1. The molecule has 110 valence electrons. The molecule has 0 aliphatic rings. The first-order valence-electron chi connectivity index (χ1n) is 6.66. The van der Waals surface area contributed by atoms with Gasteiger partial charge in [0.05, 0.1) is 11.5 Å². The molecule has 0 saturated heterocycles. The van der Waals surface area contributed by atoms with Crippen molar-refractivity contribution in [3.63, 3.8) is 0 Å². The number of pyridine rings is 1. The van der Waals surface area contributed by atoms with E-state index >= 15 is 0 Å². The maximum atomic E-state index is 13.7. The van der Waals surface area contributed by atoms with E-state index in [2.05, 4.69) is 9.97 Å². The number of aromatic amines is 1. The molecule has 0 amide bonds. The zero-order valence-corrected chi connectivity index (χ0v) is 12.6. The standard InChI is InChI=1S/C15H21FN2O2/c1-9(19-5)8-20-14-11(15(2,3)4)6-10-12(16)7-17-13(10)18-14/h6-7,9H,8H2,1-5H3,(H,17,18). The van der Waals surface area contributed by atoms with Gasteiger partial charge in [-0.2, -0.15) is 4.98 Å². The molecule has 0 spiro atoms. The van der Waals surface area contributed by atoms with Crippen LogP contribution in [0.2, 0.25) is 0 Å². The second-order valence-electron chi connectivity index (χ2n) is 5.98. The summed E-state index contributed by atoms with van der Waals surface area (Å²) in [7, 11) is 1.63. The Morgan fingerprint density at radius 1 is 1.40 bits per heavy atom. The van der Waals surface area contributed by atoms with Gasteiger partial charge in [0, 0.05) is 18.9 Å². The average molecular weight is 280 g/mol. The van der Waals surface area contributed by atoms with Crippen LogP contribution in [0.25, 0.3) is 11.0 Å². The lowest BCUT2D eigenvalue weighted by atomic mass is 9.87. The van der Waals surface area contributed by atoms with E-state index in [4.69, 9.17) is 9.47 Å². The lowest BCUT2D eigenvalue weighted by Crippen LogP contribution is -2.20. The third-order valence-electron chi connectivity index (χ3n) is 3.25. The molecule has 5 heteroatoms. The van der Waals surface area contributed by atoms with Gasteiger partial charge in [0.1, 0.15) is 18.1 Å². The Labute approximate surface area is 118 Å². The largest absolute Gasteiger partial charge is 0.475 e. The summed E-state index contributed by atoms with van der Waals surface area (Å²) in [5.41, 5.74) is 1.19. The molecule has 4 nitrogen and oxygen atoms in total. The van der Waals surface area contributed by atoms with Gasteiger partial charge in [-0.25, -0.2) is 4.39 Å². The smallest absolute Gasteiger partial charge is 0.219 e. The predicted octanol–water partition coefficient (Wildman–Crippen LogP) is 3.41. The van der Waals surface area contributed by atoms with Crippen molar-refractivity contribution in [2.45, 2.75) is 39.2 Å². The molecule has 20 heavy (non-hydrogen) atoms. The zero-order valence-electron chi connectivity index (χ0n) is 12.6. The molecule has 2 aromatic rings. The first-order valence-corrected chi connectivity index (χ1v) is 6.66. The van der Waals surface area contributed by atoms with Gasteiger partial charge in [0.25, 0.3) is 0 Å². The van der Waals surface area contributed by atoms with Crippen molar-refractivity contribution in [1.29, 1.82) is 0 Å². The van der Waals surface area contributed by atoms with Crippen LogP contribution in [0.5, 0.6) is 5.88 Å². The van der Waals surface area contributed by atoms with Crippen molar-refractivity contribution < 1.29 is 13.9 Å². The second kappa shape index (κ2) is 5.40. The van der Waals surface area contributed by atoms with Gasteiger partial charge >= 0.3 is 0 Å². The van der Waals surface area contributed by atoms with E-state index in [1.54, 1.807) is 13.2 Å². The quantitative estimate of drug-likeness (QED) is 0.933. The first kappa shape index (κ1) is 14.8. The minimum atomic E-state index is -0.296. The van der Waals surface area contributed by atoms with Crippen molar-refractivity contribution >= 4 is 11.0 Å². The fraction of sp³-hybridized carbons (Fsp3) is 0.533. The molecular weight excluding hydrogens is 259 g/mol. The van der Waals surface area contributed by atoms with E-state index in [1.807, 2.05) is 27.7 Å². The Balaban J connectivity index is 2.44. The summed E-state index contributed by atoms with van der Waals surface area (Å²) in [6.45, 7) is 8.47. The third-order valence-corrected chi connectivity index (χ3v) is 3.25. The second-order valence-corrected chi connectivity index (χ2v) is 5.98. The minimum Gasteiger partial charge on any atom is -0.475 e. The normalized spacial score (nSPS) is 13.7. The van der Waals surface area contributed by atoms with Crippen molar-refractivity contribution in [1.82, 2.24) is 9.97 Å². The van der Waals surface area contributed by atoms with E-state index in [-0.39, 0.29) is 17.3 Å². The summed E-state index contributed by atoms with van der Waals surface area (Å²) < 4.78 is 24.6. The molecule has 0 aromatic carbocycles. The maximum Gasteiger partial charge on any atom is 0.219 e. The van der Waals surface area contributed by atoms with E-state index in [0.717, 1.165) is 5.56 Å². The van der Waals surface area contributed by atoms with Gasteiger partial charge in [-0.15, -0.1) is 0 Å². The average Bonchev–Trinajstić information content (AvgIpc) is 2.75. The molecule has 0 fully saturated rings. The molecule has 0 bridgehead atoms. The Bertz CT molecular complexity index is 602. The molecule has 1 unspecified atom stereocenters. The third kappa shape index (κ3) is 2.93. The van der Waals surface area contributed by atoms with Crippen LogP contribution in [0, 0.1) is 5.82 Å². The number of aromatic nitrogens is 2. The van der Waals surface area contributed by atoms with E-state index in [9.17, 15) is 4.39 Å². The van der Waals surface area contributed by atoms with Crippen LogP contribution in [0.4, 0.5) is 4.39 Å². The Hall–Kier alpha value is -1.62. The van der Waals surface area contributed by atoms with Gasteiger partial charge < -0.3 is 14.5 Å². The summed E-state index contributed by atoms with van der Waals surface area (Å²) in [6.07, 6.45) is 1.28. The first-order chi connectivity index (χ1) is 9.32. The summed E-state index contributed by atoms with van der Waals surface area (Å²) in [4.78, 5) is 7.21. The highest BCUT2D eigenvalue weighted by molar-refractivity contribution is 5.78. The Morgan fingerprint density at radius 2 is 2.10 bits per heavy atom. The number of halogens is 1. The zero-order chi connectivity index (χ0) is 14.9. The van der Waals surface area contributed by atoms with E-state index in [1.165, 1.54) is 6.20 Å². The minimum absolute atomic E-state index is 0.0271. The van der Waals surface area contributed by atoms with E-state index in [0.29, 0.717) is 23.5 Å². The fourth-order valence-electron chi connectivity index (χ4n) is 1.91. The summed E-state index contributed by atoms with van der Waals surface area (Å²) in [6, 6.07) is 1.81. The number of rotatable bonds is 4. The molecule has 2 heterocycles. The molecule has 0 radical (unpaired) electrons. The molecule has 0 aliphatic heterocycles. The topological polar surface area (TPSA) is 47.1 Å². The van der Waals surface area contributed by atoms with Crippen molar-refractivity contribution in [3.05, 3.63) is 23.6 Å². The summed E-state index contributed by atoms with van der Waals surface area (Å²) in [5, 5.41) is 0.488. The monoisotopic (exact) mass is 280 g/mol. The fourth-order valence-corrected chi connectivity index (χ4v) is 1.91. The van der Waals surface area contributed by atoms with Gasteiger partial charge in [0.15, 0.2) is 0 Å². The lowest BCUT2D eigenvalue weighted by molar-refractivity contribution is 0.0693. The van der Waals surface area contributed by atoms with Crippen LogP contribution in [-0.4, -0.2) is 29.8 Å². The number of hydrogen-bond donors (Lipinski definition) is 1. The molecule has 0 aliphatic carbocycles. The number of H-pyrrole nitrogens is 1. The van der Waals surface area contributed by atoms with Gasteiger partial charge in [-0.1, -0.05) is 20.8 Å². The number of methoxy groups -OCH3 is 1. The van der Waals surface area contributed by atoms with Crippen LogP contribution in [-0.2, 0) is 10.2 Å². The Kier molecular flexibility index (Phi) is 3.99. The molecular formula is C15H21FN2O2. The van der Waals surface area contributed by atoms with Crippen molar-refractivity contribution in [2.75, 3.05) is 13.7 Å². The van der Waals surface area contributed by atoms with E-state index < -0.39 is 0 Å². The van der Waals surface area contributed by atoms with Crippen LogP contribution in [0.15, 0.2) is 12.3 Å². The van der Waals surface area contributed by atoms with Crippen molar-refractivity contribution in [2.24, 2.45) is 0 Å². The predicted molar refractivity (Wildman–Crippen MR) is 76.7 cm³/mol. The Morgan fingerprint density at radius 3 is 2.70 bits per heavy atom. The molecule has 2 rings (SSSR count). The van der Waals surface area contributed by atoms with Crippen molar-refractivity contribution in [3.8, 4) is 5.88 Å². The molecule has 1 N–H and O–H groups in total.